The number of carbonyl (C=O) groups is 2. The Morgan fingerprint density at radius 3 is 2.27 bits per heavy atom. The van der Waals surface area contributed by atoms with Gasteiger partial charge in [0.05, 0.1) is 6.61 Å². The summed E-state index contributed by atoms with van der Waals surface area (Å²) in [5.74, 6) is -0.272. The lowest BCUT2D eigenvalue weighted by molar-refractivity contribution is -0.153. The van der Waals surface area contributed by atoms with Gasteiger partial charge in [0.15, 0.2) is 0 Å². The summed E-state index contributed by atoms with van der Waals surface area (Å²) < 4.78 is 4.96. The van der Waals surface area contributed by atoms with Gasteiger partial charge in [-0.3, -0.25) is 4.79 Å². The second-order valence-corrected chi connectivity index (χ2v) is 4.33. The Balaban J connectivity index is 4.67. The molecule has 1 amide bonds. The van der Waals surface area contributed by atoms with Crippen LogP contribution < -0.4 is 5.32 Å². The fraction of sp³-hybridized carbons (Fsp3) is 0.818. The highest BCUT2D eigenvalue weighted by atomic mass is 16.5. The molecule has 4 heteroatoms. The van der Waals surface area contributed by atoms with Crippen molar-refractivity contribution in [1.82, 2.24) is 5.32 Å². The molecule has 0 aliphatic heterocycles. The molecular weight excluding hydrogens is 194 g/mol. The molecule has 0 aromatic carbocycles. The van der Waals surface area contributed by atoms with Crippen molar-refractivity contribution in [3.05, 3.63) is 0 Å². The molecule has 0 fully saturated rings. The predicted octanol–water partition coefficient (Wildman–Crippen LogP) is 1.49. The van der Waals surface area contributed by atoms with E-state index in [2.05, 4.69) is 5.32 Å². The van der Waals surface area contributed by atoms with E-state index in [-0.39, 0.29) is 11.9 Å². The van der Waals surface area contributed by atoms with E-state index in [4.69, 9.17) is 4.74 Å². The molecule has 0 saturated heterocycles. The van der Waals surface area contributed by atoms with Crippen LogP contribution in [0.1, 0.15) is 41.0 Å². The molecule has 0 aliphatic rings. The monoisotopic (exact) mass is 215 g/mol. The van der Waals surface area contributed by atoms with Crippen molar-refractivity contribution in [1.29, 1.82) is 0 Å². The number of esters is 1. The summed E-state index contributed by atoms with van der Waals surface area (Å²) in [7, 11) is 0. The van der Waals surface area contributed by atoms with Crippen LogP contribution in [0.4, 0.5) is 0 Å². The molecule has 1 N–H and O–H groups in total. The van der Waals surface area contributed by atoms with Gasteiger partial charge in [0.1, 0.15) is 5.54 Å². The van der Waals surface area contributed by atoms with E-state index in [0.29, 0.717) is 18.9 Å². The standard InChI is InChI=1S/C11H21NO3/c1-6-15-10(14)11(5,7-8(2)3)12-9(4)13/h8H,6-7H2,1-5H3,(H,12,13). The first-order valence-electron chi connectivity index (χ1n) is 5.27. The SMILES string of the molecule is CCOC(=O)C(C)(CC(C)C)NC(C)=O. The smallest absolute Gasteiger partial charge is 0.331 e. The maximum absolute atomic E-state index is 11.7. The predicted molar refractivity (Wildman–Crippen MR) is 58.3 cm³/mol. The van der Waals surface area contributed by atoms with E-state index in [1.54, 1.807) is 13.8 Å². The molecule has 1 atom stereocenters. The Bertz CT molecular complexity index is 238. The summed E-state index contributed by atoms with van der Waals surface area (Å²) in [6.45, 7) is 9.18. The van der Waals surface area contributed by atoms with Crippen LogP contribution >= 0.6 is 0 Å². The van der Waals surface area contributed by atoms with E-state index in [0.717, 1.165) is 0 Å². The van der Waals surface area contributed by atoms with Gasteiger partial charge in [-0.15, -0.1) is 0 Å². The average molecular weight is 215 g/mol. The lowest BCUT2D eigenvalue weighted by Gasteiger charge is -2.29. The molecule has 0 rings (SSSR count). The van der Waals surface area contributed by atoms with Gasteiger partial charge in [-0.1, -0.05) is 13.8 Å². The fourth-order valence-electron chi connectivity index (χ4n) is 1.68. The second-order valence-electron chi connectivity index (χ2n) is 4.33. The maximum Gasteiger partial charge on any atom is 0.331 e. The Labute approximate surface area is 91.4 Å². The van der Waals surface area contributed by atoms with Gasteiger partial charge in [-0.25, -0.2) is 4.79 Å². The molecule has 0 aromatic rings. The molecule has 0 heterocycles. The number of amides is 1. The highest BCUT2D eigenvalue weighted by molar-refractivity contribution is 5.86. The summed E-state index contributed by atoms with van der Waals surface area (Å²) in [4.78, 5) is 22.7. The van der Waals surface area contributed by atoms with Crippen LogP contribution in [-0.4, -0.2) is 24.0 Å². The molecule has 0 bridgehead atoms. The first kappa shape index (κ1) is 13.9. The summed E-state index contributed by atoms with van der Waals surface area (Å²) in [5, 5.41) is 2.66. The molecular formula is C11H21NO3. The van der Waals surface area contributed by atoms with Gasteiger partial charge < -0.3 is 10.1 Å². The Morgan fingerprint density at radius 1 is 1.40 bits per heavy atom. The average Bonchev–Trinajstić information content (AvgIpc) is 2.01. The summed E-state index contributed by atoms with van der Waals surface area (Å²) >= 11 is 0. The van der Waals surface area contributed by atoms with Gasteiger partial charge in [0.25, 0.3) is 0 Å². The van der Waals surface area contributed by atoms with Gasteiger partial charge in [0.2, 0.25) is 5.91 Å². The fourth-order valence-corrected chi connectivity index (χ4v) is 1.68. The Kier molecular flexibility index (Phi) is 5.33. The van der Waals surface area contributed by atoms with Crippen LogP contribution in [0.2, 0.25) is 0 Å². The zero-order valence-corrected chi connectivity index (χ0v) is 10.2. The third kappa shape index (κ3) is 4.81. The minimum absolute atomic E-state index is 0.216. The number of hydrogen-bond donors (Lipinski definition) is 1. The van der Waals surface area contributed by atoms with Gasteiger partial charge in [-0.2, -0.15) is 0 Å². The van der Waals surface area contributed by atoms with E-state index >= 15 is 0 Å². The number of nitrogens with one attached hydrogen (secondary N) is 1. The van der Waals surface area contributed by atoms with E-state index in [1.807, 2.05) is 13.8 Å². The quantitative estimate of drug-likeness (QED) is 0.707. The zero-order valence-electron chi connectivity index (χ0n) is 10.2. The minimum Gasteiger partial charge on any atom is -0.464 e. The van der Waals surface area contributed by atoms with Crippen molar-refractivity contribution in [3.8, 4) is 0 Å². The molecule has 0 saturated carbocycles. The number of rotatable bonds is 5. The van der Waals surface area contributed by atoms with Crippen LogP contribution in [0, 0.1) is 5.92 Å². The summed E-state index contributed by atoms with van der Waals surface area (Å²) in [6.07, 6.45) is 0.575. The summed E-state index contributed by atoms with van der Waals surface area (Å²) in [6, 6.07) is 0. The summed E-state index contributed by atoms with van der Waals surface area (Å²) in [5.41, 5.74) is -0.907. The van der Waals surface area contributed by atoms with Crippen molar-refractivity contribution >= 4 is 11.9 Å². The first-order chi connectivity index (χ1) is 6.81. The molecule has 88 valence electrons. The van der Waals surface area contributed by atoms with E-state index in [9.17, 15) is 9.59 Å². The normalized spacial score (nSPS) is 14.5. The molecule has 0 radical (unpaired) electrons. The van der Waals surface area contributed by atoms with Crippen molar-refractivity contribution in [2.24, 2.45) is 5.92 Å². The van der Waals surface area contributed by atoms with E-state index < -0.39 is 5.54 Å². The highest BCUT2D eigenvalue weighted by Gasteiger charge is 2.36. The van der Waals surface area contributed by atoms with Crippen LogP contribution in [-0.2, 0) is 14.3 Å². The van der Waals surface area contributed by atoms with Crippen molar-refractivity contribution in [2.75, 3.05) is 6.61 Å². The van der Waals surface area contributed by atoms with Crippen LogP contribution in [0.25, 0.3) is 0 Å². The van der Waals surface area contributed by atoms with Crippen molar-refractivity contribution in [3.63, 3.8) is 0 Å². The van der Waals surface area contributed by atoms with E-state index in [1.165, 1.54) is 6.92 Å². The lowest BCUT2D eigenvalue weighted by Crippen LogP contribution is -2.53. The number of hydrogen-bond acceptors (Lipinski definition) is 3. The Hall–Kier alpha value is -1.06. The molecule has 0 aliphatic carbocycles. The lowest BCUT2D eigenvalue weighted by atomic mass is 9.90. The van der Waals surface area contributed by atoms with Gasteiger partial charge in [0, 0.05) is 6.92 Å². The first-order valence-corrected chi connectivity index (χ1v) is 5.27. The molecule has 1 unspecified atom stereocenters. The van der Waals surface area contributed by atoms with Crippen molar-refractivity contribution < 1.29 is 14.3 Å². The maximum atomic E-state index is 11.7. The highest BCUT2D eigenvalue weighted by Crippen LogP contribution is 2.18. The second kappa shape index (κ2) is 5.73. The number of carbonyl (C=O) groups excluding carboxylic acids is 2. The number of ether oxygens (including phenoxy) is 1. The van der Waals surface area contributed by atoms with Crippen molar-refractivity contribution in [2.45, 2.75) is 46.6 Å². The van der Waals surface area contributed by atoms with Crippen LogP contribution in [0.5, 0.6) is 0 Å². The van der Waals surface area contributed by atoms with Gasteiger partial charge in [-0.05, 0) is 26.2 Å². The minimum atomic E-state index is -0.907. The largest absolute Gasteiger partial charge is 0.464 e. The van der Waals surface area contributed by atoms with Gasteiger partial charge >= 0.3 is 5.97 Å². The molecule has 4 nitrogen and oxygen atoms in total. The third-order valence-electron chi connectivity index (χ3n) is 1.99. The molecule has 0 spiro atoms. The zero-order chi connectivity index (χ0) is 12.1. The third-order valence-corrected chi connectivity index (χ3v) is 1.99. The Morgan fingerprint density at radius 2 is 1.93 bits per heavy atom. The molecule has 15 heavy (non-hydrogen) atoms. The topological polar surface area (TPSA) is 55.4 Å². The molecule has 0 aromatic heterocycles. The van der Waals surface area contributed by atoms with Crippen LogP contribution in [0.15, 0.2) is 0 Å². The van der Waals surface area contributed by atoms with Crippen LogP contribution in [0.3, 0.4) is 0 Å².